The van der Waals surface area contributed by atoms with E-state index in [1.165, 1.54) is 21.3 Å². The number of carboxylic acids is 1. The number of aromatic nitrogens is 2. The van der Waals surface area contributed by atoms with Gasteiger partial charge in [0.25, 0.3) is 5.91 Å². The molecule has 0 aliphatic carbocycles. The van der Waals surface area contributed by atoms with Crippen molar-refractivity contribution in [3.05, 3.63) is 35.4 Å². The first-order valence-corrected chi connectivity index (χ1v) is 7.09. The Kier molecular flexibility index (Phi) is 5.38. The van der Waals surface area contributed by atoms with Crippen LogP contribution in [0.2, 0.25) is 0 Å². The molecule has 2 rings (SSSR count). The molecule has 0 saturated heterocycles. The maximum atomic E-state index is 12.3. The second-order valence-electron chi connectivity index (χ2n) is 4.86. The highest BCUT2D eigenvalue weighted by atomic mass is 16.5. The van der Waals surface area contributed by atoms with Crippen LogP contribution in [-0.4, -0.2) is 48.3 Å². The standard InChI is InChI=1S/C16H17N3O6/c1-8-13(24-3)9(5-12(23-2)14(8)25-4)19-15(20)10-6-18-11(7-17-10)16(21)22/h5-7H,1-4H3,(H,19,20)(H,21,22). The number of carboxylic acid groups (broad SMARTS) is 1. The third-order valence-electron chi connectivity index (χ3n) is 3.40. The smallest absolute Gasteiger partial charge is 0.356 e. The lowest BCUT2D eigenvalue weighted by Crippen LogP contribution is -2.16. The largest absolute Gasteiger partial charge is 0.494 e. The molecule has 132 valence electrons. The molecule has 0 bridgehead atoms. The Labute approximate surface area is 143 Å². The lowest BCUT2D eigenvalue weighted by atomic mass is 10.1. The number of carbonyl (C=O) groups is 2. The van der Waals surface area contributed by atoms with E-state index in [2.05, 4.69) is 15.3 Å². The molecule has 1 aromatic heterocycles. The molecule has 0 fully saturated rings. The number of hydrogen-bond acceptors (Lipinski definition) is 7. The molecule has 0 saturated carbocycles. The molecule has 9 heteroatoms. The fourth-order valence-corrected chi connectivity index (χ4v) is 2.26. The molecule has 1 amide bonds. The summed E-state index contributed by atoms with van der Waals surface area (Å²) in [6.45, 7) is 1.76. The quantitative estimate of drug-likeness (QED) is 0.811. The Morgan fingerprint density at radius 1 is 1.00 bits per heavy atom. The molecule has 25 heavy (non-hydrogen) atoms. The molecule has 9 nitrogen and oxygen atoms in total. The van der Waals surface area contributed by atoms with Crippen molar-refractivity contribution in [2.24, 2.45) is 0 Å². The summed E-state index contributed by atoms with van der Waals surface area (Å²) >= 11 is 0. The summed E-state index contributed by atoms with van der Waals surface area (Å²) in [6.07, 6.45) is 2.09. The normalized spacial score (nSPS) is 10.1. The van der Waals surface area contributed by atoms with E-state index >= 15 is 0 Å². The third kappa shape index (κ3) is 3.60. The monoisotopic (exact) mass is 347 g/mol. The van der Waals surface area contributed by atoms with E-state index in [1.54, 1.807) is 13.0 Å². The minimum absolute atomic E-state index is 0.0421. The predicted molar refractivity (Wildman–Crippen MR) is 87.8 cm³/mol. The number of hydrogen-bond donors (Lipinski definition) is 2. The summed E-state index contributed by atoms with van der Waals surface area (Å²) in [5, 5.41) is 11.5. The van der Waals surface area contributed by atoms with E-state index < -0.39 is 11.9 Å². The van der Waals surface area contributed by atoms with Crippen molar-refractivity contribution >= 4 is 17.6 Å². The minimum Gasteiger partial charge on any atom is -0.494 e. The maximum absolute atomic E-state index is 12.3. The number of amides is 1. The van der Waals surface area contributed by atoms with Crippen LogP contribution in [-0.2, 0) is 0 Å². The van der Waals surface area contributed by atoms with E-state index in [0.717, 1.165) is 12.4 Å². The SMILES string of the molecule is COc1cc(NC(=O)c2cnc(C(=O)O)cn2)c(OC)c(C)c1OC. The molecule has 0 unspecified atom stereocenters. The molecular formula is C16H17N3O6. The first-order valence-electron chi connectivity index (χ1n) is 7.09. The van der Waals surface area contributed by atoms with E-state index in [0.29, 0.717) is 28.5 Å². The number of nitrogens with zero attached hydrogens (tertiary/aromatic N) is 2. The molecule has 1 heterocycles. The first kappa shape index (κ1) is 18.0. The van der Waals surface area contributed by atoms with Gasteiger partial charge in [-0.05, 0) is 6.92 Å². The summed E-state index contributed by atoms with van der Waals surface area (Å²) in [6, 6.07) is 1.56. The van der Waals surface area contributed by atoms with Crippen LogP contribution in [0.5, 0.6) is 17.2 Å². The van der Waals surface area contributed by atoms with Gasteiger partial charge in [-0.3, -0.25) is 4.79 Å². The van der Waals surface area contributed by atoms with Crippen LogP contribution in [0.25, 0.3) is 0 Å². The van der Waals surface area contributed by atoms with Crippen LogP contribution < -0.4 is 19.5 Å². The number of rotatable bonds is 6. The Bertz CT molecular complexity index is 805. The van der Waals surface area contributed by atoms with E-state index in [1.807, 2.05) is 0 Å². The molecule has 1 aromatic carbocycles. The second kappa shape index (κ2) is 7.47. The lowest BCUT2D eigenvalue weighted by molar-refractivity contribution is 0.0689. The third-order valence-corrected chi connectivity index (χ3v) is 3.40. The summed E-state index contributed by atoms with van der Waals surface area (Å²) in [4.78, 5) is 30.6. The van der Waals surface area contributed by atoms with Crippen molar-refractivity contribution in [3.63, 3.8) is 0 Å². The first-order chi connectivity index (χ1) is 11.9. The number of nitrogens with one attached hydrogen (secondary N) is 1. The lowest BCUT2D eigenvalue weighted by Gasteiger charge is -2.18. The van der Waals surface area contributed by atoms with Crippen LogP contribution in [0.15, 0.2) is 18.5 Å². The Morgan fingerprint density at radius 3 is 2.08 bits per heavy atom. The van der Waals surface area contributed by atoms with Gasteiger partial charge < -0.3 is 24.6 Å². The van der Waals surface area contributed by atoms with Gasteiger partial charge >= 0.3 is 5.97 Å². The molecule has 0 spiro atoms. The highest BCUT2D eigenvalue weighted by molar-refractivity contribution is 6.04. The second-order valence-corrected chi connectivity index (χ2v) is 4.86. The average Bonchev–Trinajstić information content (AvgIpc) is 2.61. The number of anilines is 1. The van der Waals surface area contributed by atoms with Crippen LogP contribution in [0, 0.1) is 6.92 Å². The molecular weight excluding hydrogens is 330 g/mol. The van der Waals surface area contributed by atoms with Crippen molar-refractivity contribution in [2.45, 2.75) is 6.92 Å². The molecule has 2 aromatic rings. The van der Waals surface area contributed by atoms with Crippen LogP contribution in [0.1, 0.15) is 26.5 Å². The topological polar surface area (TPSA) is 120 Å². The number of carbonyl (C=O) groups excluding carboxylic acids is 1. The molecule has 0 atom stereocenters. The van der Waals surface area contributed by atoms with Gasteiger partial charge in [-0.2, -0.15) is 0 Å². The summed E-state index contributed by atoms with van der Waals surface area (Å²) < 4.78 is 15.9. The number of methoxy groups -OCH3 is 3. The molecule has 0 aliphatic heterocycles. The summed E-state index contributed by atoms with van der Waals surface area (Å²) in [7, 11) is 4.44. The van der Waals surface area contributed by atoms with Gasteiger partial charge in [-0.25, -0.2) is 14.8 Å². The average molecular weight is 347 g/mol. The van der Waals surface area contributed by atoms with Crippen molar-refractivity contribution in [1.82, 2.24) is 9.97 Å². The zero-order valence-corrected chi connectivity index (χ0v) is 14.1. The Morgan fingerprint density at radius 2 is 1.60 bits per heavy atom. The summed E-state index contributed by atoms with van der Waals surface area (Å²) in [5.41, 5.74) is 0.703. The van der Waals surface area contributed by atoms with Gasteiger partial charge in [0, 0.05) is 11.6 Å². The number of ether oxygens (including phenoxy) is 3. The van der Waals surface area contributed by atoms with Crippen LogP contribution in [0.3, 0.4) is 0 Å². The van der Waals surface area contributed by atoms with E-state index in [-0.39, 0.29) is 11.4 Å². The zero-order chi connectivity index (χ0) is 18.6. The van der Waals surface area contributed by atoms with Gasteiger partial charge in [0.2, 0.25) is 0 Å². The number of aromatic carboxylic acids is 1. The summed E-state index contributed by atoms with van der Waals surface area (Å²) in [5.74, 6) is -0.488. The van der Waals surface area contributed by atoms with Crippen LogP contribution >= 0.6 is 0 Å². The highest BCUT2D eigenvalue weighted by Gasteiger charge is 2.20. The van der Waals surface area contributed by atoms with Gasteiger partial charge in [0.05, 0.1) is 39.4 Å². The maximum Gasteiger partial charge on any atom is 0.356 e. The number of benzene rings is 1. The zero-order valence-electron chi connectivity index (χ0n) is 14.1. The van der Waals surface area contributed by atoms with Crippen molar-refractivity contribution < 1.29 is 28.9 Å². The molecule has 2 N–H and O–H groups in total. The Hall–Kier alpha value is -3.36. The highest BCUT2D eigenvalue weighted by Crippen LogP contribution is 2.42. The predicted octanol–water partition coefficient (Wildman–Crippen LogP) is 1.76. The fourth-order valence-electron chi connectivity index (χ4n) is 2.26. The van der Waals surface area contributed by atoms with Gasteiger partial charge in [0.15, 0.2) is 17.2 Å². The van der Waals surface area contributed by atoms with Crippen LogP contribution in [0.4, 0.5) is 5.69 Å². The minimum atomic E-state index is -1.23. The van der Waals surface area contributed by atoms with Gasteiger partial charge in [0.1, 0.15) is 11.4 Å². The van der Waals surface area contributed by atoms with E-state index in [9.17, 15) is 9.59 Å². The van der Waals surface area contributed by atoms with Crippen molar-refractivity contribution in [3.8, 4) is 17.2 Å². The van der Waals surface area contributed by atoms with Gasteiger partial charge in [-0.1, -0.05) is 0 Å². The van der Waals surface area contributed by atoms with E-state index in [4.69, 9.17) is 19.3 Å². The van der Waals surface area contributed by atoms with Crippen molar-refractivity contribution in [1.29, 1.82) is 0 Å². The fraction of sp³-hybridized carbons (Fsp3) is 0.250. The Balaban J connectivity index is 2.37. The molecule has 0 aliphatic rings. The molecule has 0 radical (unpaired) electrons. The van der Waals surface area contributed by atoms with Crippen molar-refractivity contribution in [2.75, 3.05) is 26.6 Å². The van der Waals surface area contributed by atoms with Gasteiger partial charge in [-0.15, -0.1) is 0 Å².